The van der Waals surface area contributed by atoms with Crippen LogP contribution in [0.5, 0.6) is 0 Å². The van der Waals surface area contributed by atoms with E-state index in [-0.39, 0.29) is 36.7 Å². The van der Waals surface area contributed by atoms with Gasteiger partial charge in [0.2, 0.25) is 0 Å². The molecule has 0 spiro atoms. The highest BCUT2D eigenvalue weighted by molar-refractivity contribution is 6.50. The molecule has 0 aliphatic carbocycles. The molecule has 1 fully saturated rings. The first-order valence-electron chi connectivity index (χ1n) is 6.43. The van der Waals surface area contributed by atoms with E-state index in [4.69, 9.17) is 4.84 Å². The summed E-state index contributed by atoms with van der Waals surface area (Å²) in [7, 11) is -6.00. The predicted octanol–water partition coefficient (Wildman–Crippen LogP) is -0.426. The van der Waals surface area contributed by atoms with Gasteiger partial charge in [0.25, 0.3) is 11.8 Å². The molecule has 0 aromatic rings. The fourth-order valence-electron chi connectivity index (χ4n) is 1.90. The van der Waals surface area contributed by atoms with Crippen molar-refractivity contribution in [1.82, 2.24) is 10.4 Å². The van der Waals surface area contributed by atoms with Crippen LogP contribution in [0, 0.1) is 0 Å². The predicted molar refractivity (Wildman–Crippen MR) is 65.0 cm³/mol. The Morgan fingerprint density at radius 3 is 2.14 bits per heavy atom. The maximum absolute atomic E-state index is 11.3. The lowest BCUT2D eigenvalue weighted by Gasteiger charge is -2.10. The molecule has 2 rings (SSSR count). The van der Waals surface area contributed by atoms with Gasteiger partial charge in [-0.2, -0.15) is 0 Å². The Balaban J connectivity index is 0.000000383. The Labute approximate surface area is 118 Å². The van der Waals surface area contributed by atoms with Gasteiger partial charge in [-0.1, -0.05) is 12.0 Å². The number of amides is 2. The molecule has 0 saturated carbocycles. The van der Waals surface area contributed by atoms with E-state index >= 15 is 0 Å². The number of carbonyl (C=O) groups excluding carboxylic acids is 2. The molecular weight excluding hydrogens is 297 g/mol. The maximum Gasteiger partial charge on any atom is 0.673 e. The SMILES string of the molecule is CCC1[NH+]=C(ON2C(=O)CCC2=O)NC1C.F[B-](F)(F)F. The Bertz CT molecular complexity index is 422. The first-order valence-corrected chi connectivity index (χ1v) is 6.43. The number of hydrogen-bond donors (Lipinski definition) is 2. The van der Waals surface area contributed by atoms with Crippen molar-refractivity contribution in [2.24, 2.45) is 0 Å². The molecule has 0 aromatic heterocycles. The van der Waals surface area contributed by atoms with Gasteiger partial charge in [-0.15, -0.1) is 0 Å². The molecule has 2 aliphatic heterocycles. The second kappa shape index (κ2) is 6.77. The normalized spacial score (nSPS) is 25.2. The molecule has 2 amide bonds. The average Bonchev–Trinajstić information content (AvgIpc) is 2.84. The van der Waals surface area contributed by atoms with Crippen molar-refractivity contribution in [2.45, 2.75) is 45.2 Å². The van der Waals surface area contributed by atoms with Gasteiger partial charge in [-0.25, -0.2) is 10.3 Å². The van der Waals surface area contributed by atoms with E-state index < -0.39 is 7.25 Å². The summed E-state index contributed by atoms with van der Waals surface area (Å²) >= 11 is 0. The summed E-state index contributed by atoms with van der Waals surface area (Å²) < 4.78 is 39.0. The van der Waals surface area contributed by atoms with Crippen molar-refractivity contribution >= 4 is 25.1 Å². The van der Waals surface area contributed by atoms with Crippen LogP contribution < -0.4 is 10.3 Å². The van der Waals surface area contributed by atoms with Crippen LogP contribution >= 0.6 is 0 Å². The van der Waals surface area contributed by atoms with Crippen molar-refractivity contribution in [3.05, 3.63) is 0 Å². The lowest BCUT2D eigenvalue weighted by molar-refractivity contribution is -0.506. The van der Waals surface area contributed by atoms with E-state index in [1.54, 1.807) is 0 Å². The van der Waals surface area contributed by atoms with Gasteiger partial charge in [0.15, 0.2) is 0 Å². The van der Waals surface area contributed by atoms with Crippen LogP contribution in [-0.4, -0.2) is 42.2 Å². The monoisotopic (exact) mass is 313 g/mol. The molecular formula is C10H16BF4N3O3. The molecule has 1 saturated heterocycles. The van der Waals surface area contributed by atoms with E-state index in [1.165, 1.54) is 0 Å². The zero-order chi connectivity index (χ0) is 16.2. The van der Waals surface area contributed by atoms with E-state index in [9.17, 15) is 26.9 Å². The number of halogens is 4. The summed E-state index contributed by atoms with van der Waals surface area (Å²) in [4.78, 5) is 31.0. The fraction of sp³-hybridized carbons (Fsp3) is 0.700. The molecule has 0 radical (unpaired) electrons. The first-order chi connectivity index (χ1) is 9.61. The number of amidine groups is 1. The third-order valence-corrected chi connectivity index (χ3v) is 2.91. The quantitative estimate of drug-likeness (QED) is 0.412. The van der Waals surface area contributed by atoms with Crippen molar-refractivity contribution in [3.8, 4) is 0 Å². The number of nitrogens with one attached hydrogen (secondary N) is 2. The van der Waals surface area contributed by atoms with Crippen LogP contribution in [-0.2, 0) is 14.4 Å². The number of carbonyl (C=O) groups is 2. The standard InChI is InChI=1S/C10H15N3O3.BF4/c1-3-7-6(2)11-10(12-7)16-13-8(14)4-5-9(13)15;2-1(3,4)5/h6-7H,3-5H2,1-2H3,(H,11,12);/q;-1/p+1. The molecule has 2 atom stereocenters. The summed E-state index contributed by atoms with van der Waals surface area (Å²) in [5.74, 6) is -0.567. The van der Waals surface area contributed by atoms with Crippen LogP contribution in [0.15, 0.2) is 0 Å². The van der Waals surface area contributed by atoms with Crippen LogP contribution in [0.2, 0.25) is 0 Å². The largest absolute Gasteiger partial charge is 0.673 e. The lowest BCUT2D eigenvalue weighted by Crippen LogP contribution is -2.78. The van der Waals surface area contributed by atoms with Gasteiger partial charge in [0, 0.05) is 12.8 Å². The Morgan fingerprint density at radius 1 is 1.29 bits per heavy atom. The van der Waals surface area contributed by atoms with Crippen LogP contribution in [0.1, 0.15) is 33.1 Å². The highest BCUT2D eigenvalue weighted by Crippen LogP contribution is 2.12. The van der Waals surface area contributed by atoms with Gasteiger partial charge in [-0.05, 0) is 13.3 Å². The first kappa shape index (κ1) is 17.2. The third kappa shape index (κ3) is 5.60. The van der Waals surface area contributed by atoms with Gasteiger partial charge in [0.05, 0.1) is 0 Å². The van der Waals surface area contributed by atoms with Crippen molar-refractivity contribution < 1.29 is 36.7 Å². The summed E-state index contributed by atoms with van der Waals surface area (Å²) in [6.45, 7) is 4.08. The number of hydrogen-bond acceptors (Lipinski definition) is 4. The van der Waals surface area contributed by atoms with Gasteiger partial charge in [0.1, 0.15) is 12.1 Å². The molecule has 2 unspecified atom stereocenters. The second-order valence-electron chi connectivity index (χ2n) is 4.59. The third-order valence-electron chi connectivity index (χ3n) is 2.91. The van der Waals surface area contributed by atoms with Crippen LogP contribution in [0.4, 0.5) is 17.3 Å². The summed E-state index contributed by atoms with van der Waals surface area (Å²) in [5.41, 5.74) is 0. The highest BCUT2D eigenvalue weighted by atomic mass is 19.5. The summed E-state index contributed by atoms with van der Waals surface area (Å²) in [6.07, 6.45) is 1.42. The molecule has 0 bridgehead atoms. The molecule has 2 heterocycles. The molecule has 2 N–H and O–H groups in total. The van der Waals surface area contributed by atoms with Crippen LogP contribution in [0.3, 0.4) is 0 Å². The van der Waals surface area contributed by atoms with Crippen LogP contribution in [0.25, 0.3) is 0 Å². The van der Waals surface area contributed by atoms with Crippen molar-refractivity contribution in [3.63, 3.8) is 0 Å². The number of rotatable bonds is 2. The number of imide groups is 1. The van der Waals surface area contributed by atoms with Crippen molar-refractivity contribution in [1.29, 1.82) is 0 Å². The molecule has 2 aliphatic rings. The summed E-state index contributed by atoms with van der Waals surface area (Å²) in [6, 6.07) is 0.888. The lowest BCUT2D eigenvalue weighted by atomic mass is 10.1. The minimum absolute atomic E-state index is 0.229. The molecule has 120 valence electrons. The fourth-order valence-corrected chi connectivity index (χ4v) is 1.90. The van der Waals surface area contributed by atoms with Crippen molar-refractivity contribution in [2.75, 3.05) is 0 Å². The summed E-state index contributed by atoms with van der Waals surface area (Å²) in [5, 5.41) is 3.89. The second-order valence-corrected chi connectivity index (χ2v) is 4.59. The smallest absolute Gasteiger partial charge is 0.418 e. The zero-order valence-corrected chi connectivity index (χ0v) is 11.5. The Morgan fingerprint density at radius 2 is 1.76 bits per heavy atom. The Kier molecular flexibility index (Phi) is 5.56. The maximum atomic E-state index is 11.3. The van der Waals surface area contributed by atoms with Gasteiger partial charge >= 0.3 is 13.3 Å². The molecule has 0 aromatic carbocycles. The average molecular weight is 313 g/mol. The molecule has 6 nitrogen and oxygen atoms in total. The van der Waals surface area contributed by atoms with E-state index in [0.29, 0.717) is 6.02 Å². The number of hydroxylamine groups is 2. The minimum Gasteiger partial charge on any atom is -0.418 e. The van der Waals surface area contributed by atoms with Gasteiger partial charge < -0.3 is 17.3 Å². The van der Waals surface area contributed by atoms with E-state index in [1.807, 2.05) is 6.92 Å². The van der Waals surface area contributed by atoms with E-state index in [0.717, 1.165) is 11.5 Å². The van der Waals surface area contributed by atoms with Gasteiger partial charge in [-0.3, -0.25) is 14.4 Å². The minimum atomic E-state index is -6.00. The number of nitrogens with zero attached hydrogens (tertiary/aromatic N) is 1. The van der Waals surface area contributed by atoms with E-state index in [2.05, 4.69) is 17.2 Å². The molecule has 11 heteroatoms. The topological polar surface area (TPSA) is 72.6 Å². The zero-order valence-electron chi connectivity index (χ0n) is 11.5. The molecule has 21 heavy (non-hydrogen) atoms. The highest BCUT2D eigenvalue weighted by Gasteiger charge is 2.38. The Hall–Kier alpha value is -1.81.